The van der Waals surface area contributed by atoms with Crippen LogP contribution in [0.15, 0.2) is 18.2 Å². The maximum absolute atomic E-state index is 8.82. The van der Waals surface area contributed by atoms with E-state index in [9.17, 15) is 0 Å². The van der Waals surface area contributed by atoms with E-state index in [0.717, 1.165) is 24.8 Å². The summed E-state index contributed by atoms with van der Waals surface area (Å²) >= 11 is 0. The molecule has 0 bridgehead atoms. The zero-order chi connectivity index (χ0) is 9.68. The third-order valence-corrected chi connectivity index (χ3v) is 2.21. The molecule has 1 aromatic rings. The van der Waals surface area contributed by atoms with Gasteiger partial charge in [0, 0.05) is 0 Å². The minimum absolute atomic E-state index is 0.822. The van der Waals surface area contributed by atoms with Gasteiger partial charge in [0.1, 0.15) is 0 Å². The fraction of sp³-hybridized carbons (Fsp3) is 0.417. The summed E-state index contributed by atoms with van der Waals surface area (Å²) < 4.78 is 0. The van der Waals surface area contributed by atoms with Gasteiger partial charge in [-0.3, -0.25) is 0 Å². The van der Waals surface area contributed by atoms with E-state index in [-0.39, 0.29) is 0 Å². The van der Waals surface area contributed by atoms with Crippen molar-refractivity contribution in [3.05, 3.63) is 34.9 Å². The average Bonchev–Trinajstić information content (AvgIpc) is 2.18. The standard InChI is InChI=1S/C12H15N/c1-3-5-10-6-7-12(9-13)11(4-2)8-10/h6-8H,3-5H2,1-2H3. The van der Waals surface area contributed by atoms with Crippen LogP contribution in [0.1, 0.15) is 37.0 Å². The van der Waals surface area contributed by atoms with E-state index in [0.29, 0.717) is 0 Å². The normalized spacial score (nSPS) is 9.62. The molecule has 1 rings (SSSR count). The predicted octanol–water partition coefficient (Wildman–Crippen LogP) is 3.07. The lowest BCUT2D eigenvalue weighted by atomic mass is 10.0. The molecule has 13 heavy (non-hydrogen) atoms. The van der Waals surface area contributed by atoms with Crippen molar-refractivity contribution in [2.75, 3.05) is 0 Å². The SMILES string of the molecule is CCCc1ccc(C#N)c(CC)c1. The first-order chi connectivity index (χ1) is 6.31. The highest BCUT2D eigenvalue weighted by atomic mass is 14.2. The molecule has 1 aromatic carbocycles. The van der Waals surface area contributed by atoms with Crippen molar-refractivity contribution in [3.8, 4) is 6.07 Å². The number of benzene rings is 1. The van der Waals surface area contributed by atoms with Crippen LogP contribution in [0.2, 0.25) is 0 Å². The number of hydrogen-bond donors (Lipinski definition) is 0. The number of hydrogen-bond acceptors (Lipinski definition) is 1. The number of rotatable bonds is 3. The lowest BCUT2D eigenvalue weighted by Gasteiger charge is -2.03. The Morgan fingerprint density at radius 1 is 1.31 bits per heavy atom. The quantitative estimate of drug-likeness (QED) is 0.689. The van der Waals surface area contributed by atoms with Crippen molar-refractivity contribution in [3.63, 3.8) is 0 Å². The van der Waals surface area contributed by atoms with Crippen molar-refractivity contribution in [2.24, 2.45) is 0 Å². The van der Waals surface area contributed by atoms with E-state index in [1.54, 1.807) is 0 Å². The molecule has 0 saturated heterocycles. The Labute approximate surface area is 80.0 Å². The molecule has 0 atom stereocenters. The van der Waals surface area contributed by atoms with Crippen molar-refractivity contribution >= 4 is 0 Å². The summed E-state index contributed by atoms with van der Waals surface area (Å²) in [5.74, 6) is 0. The lowest BCUT2D eigenvalue weighted by Crippen LogP contribution is -1.91. The Bertz CT molecular complexity index is 320. The summed E-state index contributed by atoms with van der Waals surface area (Å²) in [4.78, 5) is 0. The summed E-state index contributed by atoms with van der Waals surface area (Å²) in [5, 5.41) is 8.82. The number of nitriles is 1. The highest BCUT2D eigenvalue weighted by Crippen LogP contribution is 2.13. The predicted molar refractivity (Wildman–Crippen MR) is 54.5 cm³/mol. The van der Waals surface area contributed by atoms with Gasteiger partial charge in [0.05, 0.1) is 11.6 Å². The molecule has 0 heterocycles. The van der Waals surface area contributed by atoms with Crippen LogP contribution >= 0.6 is 0 Å². The van der Waals surface area contributed by atoms with E-state index in [1.807, 2.05) is 6.07 Å². The van der Waals surface area contributed by atoms with Gasteiger partial charge in [-0.1, -0.05) is 32.4 Å². The third-order valence-electron chi connectivity index (χ3n) is 2.21. The zero-order valence-corrected chi connectivity index (χ0v) is 8.30. The van der Waals surface area contributed by atoms with Crippen LogP contribution in [0.4, 0.5) is 0 Å². The van der Waals surface area contributed by atoms with Crippen LogP contribution < -0.4 is 0 Å². The Kier molecular flexibility index (Phi) is 3.52. The van der Waals surface area contributed by atoms with Gasteiger partial charge >= 0.3 is 0 Å². The van der Waals surface area contributed by atoms with E-state index < -0.39 is 0 Å². The zero-order valence-electron chi connectivity index (χ0n) is 8.30. The first kappa shape index (κ1) is 9.80. The molecule has 0 amide bonds. The van der Waals surface area contributed by atoms with Gasteiger partial charge in [0.25, 0.3) is 0 Å². The Morgan fingerprint density at radius 2 is 2.08 bits per heavy atom. The summed E-state index contributed by atoms with van der Waals surface area (Å²) in [6.45, 7) is 4.26. The highest BCUT2D eigenvalue weighted by molar-refractivity contribution is 5.40. The topological polar surface area (TPSA) is 23.8 Å². The fourth-order valence-corrected chi connectivity index (χ4v) is 1.49. The van der Waals surface area contributed by atoms with Crippen molar-refractivity contribution < 1.29 is 0 Å². The minimum atomic E-state index is 0.822. The monoisotopic (exact) mass is 173 g/mol. The molecular weight excluding hydrogens is 158 g/mol. The second kappa shape index (κ2) is 4.67. The van der Waals surface area contributed by atoms with Crippen LogP contribution in [0.25, 0.3) is 0 Å². The van der Waals surface area contributed by atoms with Crippen LogP contribution in [-0.2, 0) is 12.8 Å². The molecule has 1 heteroatoms. The lowest BCUT2D eigenvalue weighted by molar-refractivity contribution is 0.916. The van der Waals surface area contributed by atoms with Crippen molar-refractivity contribution in [2.45, 2.75) is 33.1 Å². The van der Waals surface area contributed by atoms with Crippen LogP contribution in [0.3, 0.4) is 0 Å². The van der Waals surface area contributed by atoms with E-state index in [2.05, 4.69) is 32.0 Å². The largest absolute Gasteiger partial charge is 0.192 e. The van der Waals surface area contributed by atoms with Gasteiger partial charge in [0.15, 0.2) is 0 Å². The van der Waals surface area contributed by atoms with Gasteiger partial charge in [-0.2, -0.15) is 5.26 Å². The van der Waals surface area contributed by atoms with E-state index in [4.69, 9.17) is 5.26 Å². The average molecular weight is 173 g/mol. The van der Waals surface area contributed by atoms with Crippen molar-refractivity contribution in [1.82, 2.24) is 0 Å². The molecule has 68 valence electrons. The summed E-state index contributed by atoms with van der Waals surface area (Å²) in [6, 6.07) is 8.36. The Hall–Kier alpha value is -1.29. The smallest absolute Gasteiger partial charge is 0.0994 e. The van der Waals surface area contributed by atoms with Gasteiger partial charge in [-0.25, -0.2) is 0 Å². The summed E-state index contributed by atoms with van der Waals surface area (Å²) in [6.07, 6.45) is 3.22. The van der Waals surface area contributed by atoms with Gasteiger partial charge in [-0.15, -0.1) is 0 Å². The molecular formula is C12H15N. The fourth-order valence-electron chi connectivity index (χ4n) is 1.49. The molecule has 0 aliphatic heterocycles. The van der Waals surface area contributed by atoms with E-state index >= 15 is 0 Å². The molecule has 0 N–H and O–H groups in total. The molecule has 0 aromatic heterocycles. The molecule has 1 nitrogen and oxygen atoms in total. The molecule has 0 radical (unpaired) electrons. The molecule has 0 unspecified atom stereocenters. The van der Waals surface area contributed by atoms with Crippen molar-refractivity contribution in [1.29, 1.82) is 5.26 Å². The second-order valence-electron chi connectivity index (χ2n) is 3.21. The minimum Gasteiger partial charge on any atom is -0.192 e. The van der Waals surface area contributed by atoms with Crippen LogP contribution in [-0.4, -0.2) is 0 Å². The molecule has 0 spiro atoms. The second-order valence-corrected chi connectivity index (χ2v) is 3.21. The van der Waals surface area contributed by atoms with Crippen LogP contribution in [0.5, 0.6) is 0 Å². The molecule has 0 aliphatic carbocycles. The molecule has 0 saturated carbocycles. The maximum atomic E-state index is 8.82. The van der Waals surface area contributed by atoms with E-state index in [1.165, 1.54) is 11.1 Å². The van der Waals surface area contributed by atoms with Gasteiger partial charge in [0.2, 0.25) is 0 Å². The van der Waals surface area contributed by atoms with Crippen LogP contribution in [0, 0.1) is 11.3 Å². The molecule has 0 aliphatic rings. The van der Waals surface area contributed by atoms with Gasteiger partial charge in [-0.05, 0) is 30.0 Å². The first-order valence-corrected chi connectivity index (χ1v) is 4.83. The third kappa shape index (κ3) is 2.32. The van der Waals surface area contributed by atoms with Gasteiger partial charge < -0.3 is 0 Å². The Morgan fingerprint density at radius 3 is 2.62 bits per heavy atom. The number of nitrogens with zero attached hydrogens (tertiary/aromatic N) is 1. The first-order valence-electron chi connectivity index (χ1n) is 4.83. The Balaban J connectivity index is 3.00. The maximum Gasteiger partial charge on any atom is 0.0994 e. The molecule has 0 fully saturated rings. The highest BCUT2D eigenvalue weighted by Gasteiger charge is 2.00. The summed E-state index contributed by atoms with van der Waals surface area (Å²) in [7, 11) is 0. The number of aryl methyl sites for hydroxylation is 2. The summed E-state index contributed by atoms with van der Waals surface area (Å²) in [5.41, 5.74) is 3.34.